The van der Waals surface area contributed by atoms with Crippen LogP contribution in [-0.2, 0) is 9.59 Å². The van der Waals surface area contributed by atoms with Crippen LogP contribution in [0.15, 0.2) is 24.3 Å². The Hall–Kier alpha value is -1.88. The number of nitrogens with two attached hydrogens (primary N) is 1. The van der Waals surface area contributed by atoms with Gasteiger partial charge in [-0.15, -0.1) is 0 Å². The van der Waals surface area contributed by atoms with Gasteiger partial charge in [0.15, 0.2) is 0 Å². The molecule has 0 bridgehead atoms. The molecule has 1 saturated carbocycles. The van der Waals surface area contributed by atoms with Crippen molar-refractivity contribution in [3.8, 4) is 0 Å². The van der Waals surface area contributed by atoms with Gasteiger partial charge in [0.05, 0.1) is 0 Å². The van der Waals surface area contributed by atoms with E-state index in [2.05, 4.69) is 10.6 Å². The van der Waals surface area contributed by atoms with E-state index in [0.29, 0.717) is 13.0 Å². The molecule has 1 aromatic carbocycles. The van der Waals surface area contributed by atoms with E-state index in [4.69, 9.17) is 5.73 Å². The van der Waals surface area contributed by atoms with Crippen LogP contribution in [0.3, 0.4) is 0 Å². The first kappa shape index (κ1) is 15.5. The Bertz CT molecular complexity index is 481. The van der Waals surface area contributed by atoms with E-state index in [0.717, 1.165) is 43.5 Å². The van der Waals surface area contributed by atoms with Gasteiger partial charge in [-0.05, 0) is 56.5 Å². The van der Waals surface area contributed by atoms with E-state index in [1.54, 1.807) is 12.1 Å². The molecule has 114 valence electrons. The second kappa shape index (κ2) is 7.78. The lowest BCUT2D eigenvalue weighted by molar-refractivity contribution is -0.117. The third kappa shape index (κ3) is 5.55. The molecule has 0 spiro atoms. The molecule has 1 aliphatic carbocycles. The van der Waals surface area contributed by atoms with E-state index in [1.165, 1.54) is 0 Å². The smallest absolute Gasteiger partial charge is 0.227 e. The maximum absolute atomic E-state index is 11.7. The minimum atomic E-state index is 0.0155. The normalized spacial score (nSPS) is 13.8. The Kier molecular flexibility index (Phi) is 5.75. The number of anilines is 2. The minimum absolute atomic E-state index is 0.0155. The predicted octanol–water partition coefficient (Wildman–Crippen LogP) is 2.49. The first-order chi connectivity index (χ1) is 10.2. The summed E-state index contributed by atoms with van der Waals surface area (Å²) in [5.41, 5.74) is 6.93. The van der Waals surface area contributed by atoms with E-state index < -0.39 is 0 Å². The number of nitrogens with one attached hydrogen (secondary N) is 2. The highest BCUT2D eigenvalue weighted by atomic mass is 16.2. The minimum Gasteiger partial charge on any atom is -0.330 e. The summed E-state index contributed by atoms with van der Waals surface area (Å²) in [5.74, 6) is 0.298. The lowest BCUT2D eigenvalue weighted by Crippen LogP contribution is -2.14. The monoisotopic (exact) mass is 289 g/mol. The summed E-state index contributed by atoms with van der Waals surface area (Å²) in [5, 5.41) is 5.72. The lowest BCUT2D eigenvalue weighted by atomic mass is 10.2. The molecule has 0 aliphatic heterocycles. The van der Waals surface area contributed by atoms with Crippen molar-refractivity contribution in [2.24, 2.45) is 11.7 Å². The average Bonchev–Trinajstić information content (AvgIpc) is 3.30. The van der Waals surface area contributed by atoms with Crippen LogP contribution in [0.1, 0.15) is 38.5 Å². The second-order valence-electron chi connectivity index (χ2n) is 5.49. The standard InChI is InChI=1S/C16H23N3O2/c17-11-3-1-2-4-15(20)18-13-7-9-14(10-8-13)19-16(21)12-5-6-12/h7-10,12H,1-6,11,17H2,(H,18,20)(H,19,21). The highest BCUT2D eigenvalue weighted by molar-refractivity contribution is 5.95. The molecular formula is C16H23N3O2. The number of rotatable bonds is 8. The number of carbonyl (C=O) groups is 2. The molecule has 2 rings (SSSR count). The van der Waals surface area contributed by atoms with Crippen molar-refractivity contribution in [3.05, 3.63) is 24.3 Å². The fraction of sp³-hybridized carbons (Fsp3) is 0.500. The highest BCUT2D eigenvalue weighted by Gasteiger charge is 2.29. The van der Waals surface area contributed by atoms with E-state index >= 15 is 0 Å². The average molecular weight is 289 g/mol. The molecule has 2 amide bonds. The molecule has 1 aliphatic rings. The van der Waals surface area contributed by atoms with Gasteiger partial charge in [0, 0.05) is 23.7 Å². The first-order valence-electron chi connectivity index (χ1n) is 7.60. The summed E-state index contributed by atoms with van der Waals surface area (Å²) in [6, 6.07) is 7.23. The maximum atomic E-state index is 11.7. The zero-order valence-electron chi connectivity index (χ0n) is 12.2. The van der Waals surface area contributed by atoms with E-state index in [1.807, 2.05) is 12.1 Å². The molecule has 0 unspecified atom stereocenters. The summed E-state index contributed by atoms with van der Waals surface area (Å²) in [7, 11) is 0. The summed E-state index contributed by atoms with van der Waals surface area (Å²) >= 11 is 0. The third-order valence-electron chi connectivity index (χ3n) is 3.49. The zero-order valence-corrected chi connectivity index (χ0v) is 12.2. The summed E-state index contributed by atoms with van der Waals surface area (Å²) in [6.07, 6.45) is 5.30. The largest absolute Gasteiger partial charge is 0.330 e. The van der Waals surface area contributed by atoms with Crippen molar-refractivity contribution in [1.29, 1.82) is 0 Å². The van der Waals surface area contributed by atoms with Gasteiger partial charge in [0.1, 0.15) is 0 Å². The van der Waals surface area contributed by atoms with E-state index in [9.17, 15) is 9.59 Å². The van der Waals surface area contributed by atoms with Crippen molar-refractivity contribution in [3.63, 3.8) is 0 Å². The number of hydrogen-bond acceptors (Lipinski definition) is 3. The molecule has 0 heterocycles. The molecule has 0 aromatic heterocycles. The fourth-order valence-electron chi connectivity index (χ4n) is 2.06. The fourth-order valence-corrected chi connectivity index (χ4v) is 2.06. The van der Waals surface area contributed by atoms with Crippen molar-refractivity contribution in [2.75, 3.05) is 17.2 Å². The van der Waals surface area contributed by atoms with Gasteiger partial charge in [0.2, 0.25) is 11.8 Å². The Morgan fingerprint density at radius 1 is 1.00 bits per heavy atom. The van der Waals surface area contributed by atoms with Gasteiger partial charge in [-0.1, -0.05) is 6.42 Å². The molecule has 0 radical (unpaired) electrons. The van der Waals surface area contributed by atoms with Crippen molar-refractivity contribution >= 4 is 23.2 Å². The molecule has 5 heteroatoms. The predicted molar refractivity (Wildman–Crippen MR) is 83.9 cm³/mol. The Labute approximate surface area is 125 Å². The van der Waals surface area contributed by atoms with Gasteiger partial charge in [0.25, 0.3) is 0 Å². The van der Waals surface area contributed by atoms with Gasteiger partial charge in [-0.2, -0.15) is 0 Å². The Morgan fingerprint density at radius 3 is 2.19 bits per heavy atom. The summed E-state index contributed by atoms with van der Waals surface area (Å²) in [6.45, 7) is 0.676. The number of hydrogen-bond donors (Lipinski definition) is 3. The van der Waals surface area contributed by atoms with Crippen LogP contribution in [0.5, 0.6) is 0 Å². The SMILES string of the molecule is NCCCCCC(=O)Nc1ccc(NC(=O)C2CC2)cc1. The van der Waals surface area contributed by atoms with Crippen LogP contribution in [0.25, 0.3) is 0 Å². The zero-order chi connectivity index (χ0) is 15.1. The topological polar surface area (TPSA) is 84.2 Å². The molecule has 4 N–H and O–H groups in total. The number of unbranched alkanes of at least 4 members (excludes halogenated alkanes) is 2. The van der Waals surface area contributed by atoms with Crippen LogP contribution < -0.4 is 16.4 Å². The summed E-state index contributed by atoms with van der Waals surface area (Å²) in [4.78, 5) is 23.3. The van der Waals surface area contributed by atoms with Crippen LogP contribution >= 0.6 is 0 Å². The molecule has 1 fully saturated rings. The Balaban J connectivity index is 1.73. The molecule has 21 heavy (non-hydrogen) atoms. The van der Waals surface area contributed by atoms with Crippen LogP contribution in [-0.4, -0.2) is 18.4 Å². The second-order valence-corrected chi connectivity index (χ2v) is 5.49. The van der Waals surface area contributed by atoms with Crippen molar-refractivity contribution < 1.29 is 9.59 Å². The quantitative estimate of drug-likeness (QED) is 0.643. The molecular weight excluding hydrogens is 266 g/mol. The summed E-state index contributed by atoms with van der Waals surface area (Å²) < 4.78 is 0. The van der Waals surface area contributed by atoms with Crippen LogP contribution in [0, 0.1) is 5.92 Å². The highest BCUT2D eigenvalue weighted by Crippen LogP contribution is 2.30. The van der Waals surface area contributed by atoms with E-state index in [-0.39, 0.29) is 17.7 Å². The Morgan fingerprint density at radius 2 is 1.62 bits per heavy atom. The number of amides is 2. The third-order valence-corrected chi connectivity index (χ3v) is 3.49. The number of carbonyl (C=O) groups excluding carboxylic acids is 2. The first-order valence-corrected chi connectivity index (χ1v) is 7.60. The van der Waals surface area contributed by atoms with Crippen molar-refractivity contribution in [1.82, 2.24) is 0 Å². The van der Waals surface area contributed by atoms with Gasteiger partial charge in [-0.3, -0.25) is 9.59 Å². The molecule has 0 saturated heterocycles. The van der Waals surface area contributed by atoms with Crippen molar-refractivity contribution in [2.45, 2.75) is 38.5 Å². The van der Waals surface area contributed by atoms with Crippen LogP contribution in [0.4, 0.5) is 11.4 Å². The number of benzene rings is 1. The molecule has 5 nitrogen and oxygen atoms in total. The van der Waals surface area contributed by atoms with Gasteiger partial charge >= 0.3 is 0 Å². The molecule has 0 atom stereocenters. The molecule has 1 aromatic rings. The lowest BCUT2D eigenvalue weighted by Gasteiger charge is -2.07. The van der Waals surface area contributed by atoms with Crippen LogP contribution in [0.2, 0.25) is 0 Å². The maximum Gasteiger partial charge on any atom is 0.227 e. The van der Waals surface area contributed by atoms with Gasteiger partial charge < -0.3 is 16.4 Å². The van der Waals surface area contributed by atoms with Gasteiger partial charge in [-0.25, -0.2) is 0 Å².